The third-order valence-corrected chi connectivity index (χ3v) is 9.50. The van der Waals surface area contributed by atoms with Crippen LogP contribution in [-0.4, -0.2) is 32.8 Å². The van der Waals surface area contributed by atoms with Gasteiger partial charge in [-0.15, -0.1) is 0 Å². The molecule has 10 rings (SSSR count). The molecule has 0 unspecified atom stereocenters. The highest BCUT2D eigenvalue weighted by Crippen LogP contribution is 2.45. The van der Waals surface area contributed by atoms with Crippen LogP contribution in [0, 0.1) is 11.6 Å². The summed E-state index contributed by atoms with van der Waals surface area (Å²) in [5.74, 6) is -2.53. The summed E-state index contributed by atoms with van der Waals surface area (Å²) in [6.07, 6.45) is 2.66. The molecule has 4 heterocycles. The van der Waals surface area contributed by atoms with Crippen LogP contribution in [0.4, 0.5) is 8.78 Å². The topological polar surface area (TPSA) is 126 Å². The highest BCUT2D eigenvalue weighted by atomic mass is 19.1. The summed E-state index contributed by atoms with van der Waals surface area (Å²) in [7, 11) is 0. The molecule has 264 valence electrons. The van der Waals surface area contributed by atoms with Gasteiger partial charge in [0.25, 0.3) is 0 Å². The van der Waals surface area contributed by atoms with Crippen molar-refractivity contribution in [2.45, 2.75) is 6.92 Å². The Morgan fingerprint density at radius 1 is 0.630 bits per heavy atom. The lowest BCUT2D eigenvalue weighted by Gasteiger charge is -2.25. The van der Waals surface area contributed by atoms with Crippen molar-refractivity contribution in [3.05, 3.63) is 153 Å². The SMILES string of the molecule is CCOC(=O)c1cn2c3c(c(F)ccc3c1=O)Oc1ccc3ccccc3c1-2.O=C(O)c1cn2c3c(c(F)ccc3c1=O)Oc1ccc3ccccc3c1-2. The highest BCUT2D eigenvalue weighted by Gasteiger charge is 2.29. The molecule has 0 saturated heterocycles. The van der Waals surface area contributed by atoms with Crippen LogP contribution < -0.4 is 20.3 Å². The van der Waals surface area contributed by atoms with Gasteiger partial charge in [0, 0.05) is 23.2 Å². The smallest absolute Gasteiger partial charge is 0.343 e. The van der Waals surface area contributed by atoms with Crippen LogP contribution in [0.25, 0.3) is 54.7 Å². The molecule has 54 heavy (non-hydrogen) atoms. The number of halogens is 2. The van der Waals surface area contributed by atoms with Gasteiger partial charge in [0.05, 0.1) is 28.8 Å². The predicted molar refractivity (Wildman–Crippen MR) is 197 cm³/mol. The molecule has 2 aliphatic heterocycles. The number of pyridine rings is 2. The number of carbonyl (C=O) groups is 2. The fraction of sp³-hybridized carbons (Fsp3) is 0.0476. The van der Waals surface area contributed by atoms with Crippen LogP contribution in [0.1, 0.15) is 27.6 Å². The molecular weight excluding hydrogens is 698 g/mol. The minimum absolute atomic E-state index is 0.0345. The van der Waals surface area contributed by atoms with Crippen LogP contribution in [0.3, 0.4) is 0 Å². The molecule has 0 saturated carbocycles. The average molecular weight is 723 g/mol. The molecule has 0 fully saturated rings. The van der Waals surface area contributed by atoms with E-state index in [0.717, 1.165) is 27.6 Å². The number of carboxylic acids is 1. The maximum atomic E-state index is 14.5. The Bertz CT molecular complexity index is 3100. The highest BCUT2D eigenvalue weighted by molar-refractivity contribution is 6.02. The number of nitrogens with zero attached hydrogens (tertiary/aromatic N) is 2. The number of rotatable bonds is 3. The number of benzene rings is 6. The number of aromatic carboxylic acids is 1. The molecule has 10 nitrogen and oxygen atoms in total. The molecule has 2 aliphatic rings. The van der Waals surface area contributed by atoms with Crippen molar-refractivity contribution >= 4 is 55.3 Å². The lowest BCUT2D eigenvalue weighted by Crippen LogP contribution is -2.22. The first-order chi connectivity index (χ1) is 26.2. The Morgan fingerprint density at radius 3 is 1.57 bits per heavy atom. The molecule has 12 heteroatoms. The van der Waals surface area contributed by atoms with E-state index in [4.69, 9.17) is 14.2 Å². The number of ether oxygens (including phenoxy) is 3. The number of aromatic nitrogens is 2. The first-order valence-electron chi connectivity index (χ1n) is 16.7. The molecule has 0 spiro atoms. The summed E-state index contributed by atoms with van der Waals surface area (Å²) in [6.45, 7) is 1.82. The zero-order chi connectivity index (χ0) is 37.4. The summed E-state index contributed by atoms with van der Waals surface area (Å²) >= 11 is 0. The first-order valence-corrected chi connectivity index (χ1v) is 16.7. The maximum Gasteiger partial charge on any atom is 0.343 e. The molecule has 8 aromatic rings. The Labute approximate surface area is 302 Å². The number of hydrogen-bond acceptors (Lipinski definition) is 7. The van der Waals surface area contributed by atoms with Crippen LogP contribution in [0.5, 0.6) is 23.0 Å². The molecule has 0 bridgehead atoms. The second-order valence-corrected chi connectivity index (χ2v) is 12.5. The lowest BCUT2D eigenvalue weighted by atomic mass is 10.0. The molecule has 0 amide bonds. The fourth-order valence-electron chi connectivity index (χ4n) is 7.14. The average Bonchev–Trinajstić information content (AvgIpc) is 3.18. The van der Waals surface area contributed by atoms with Gasteiger partial charge in [-0.1, -0.05) is 60.7 Å². The fourth-order valence-corrected chi connectivity index (χ4v) is 7.14. The second kappa shape index (κ2) is 12.1. The van der Waals surface area contributed by atoms with Crippen molar-refractivity contribution in [1.29, 1.82) is 0 Å². The van der Waals surface area contributed by atoms with E-state index in [-0.39, 0.29) is 45.5 Å². The van der Waals surface area contributed by atoms with Crippen LogP contribution in [-0.2, 0) is 4.74 Å². The van der Waals surface area contributed by atoms with E-state index in [1.807, 2.05) is 60.7 Å². The predicted octanol–water partition coefficient (Wildman–Crippen LogP) is 8.65. The van der Waals surface area contributed by atoms with Gasteiger partial charge in [-0.3, -0.25) is 9.59 Å². The van der Waals surface area contributed by atoms with Gasteiger partial charge in [-0.25, -0.2) is 18.4 Å². The maximum absolute atomic E-state index is 14.5. The summed E-state index contributed by atoms with van der Waals surface area (Å²) < 4.78 is 48.7. The van der Waals surface area contributed by atoms with Crippen molar-refractivity contribution < 1.29 is 37.7 Å². The van der Waals surface area contributed by atoms with Crippen LogP contribution in [0.2, 0.25) is 0 Å². The van der Waals surface area contributed by atoms with Gasteiger partial charge >= 0.3 is 11.9 Å². The molecule has 0 radical (unpaired) electrons. The first kappa shape index (κ1) is 32.6. The number of hydrogen-bond donors (Lipinski definition) is 1. The van der Waals surface area contributed by atoms with Gasteiger partial charge in [-0.2, -0.15) is 0 Å². The number of carboxylic acid groups (broad SMARTS) is 1. The normalized spacial score (nSPS) is 12.0. The molecule has 0 aliphatic carbocycles. The number of carbonyl (C=O) groups excluding carboxylic acids is 1. The third kappa shape index (κ3) is 4.77. The quantitative estimate of drug-likeness (QED) is 0.180. The van der Waals surface area contributed by atoms with Gasteiger partial charge in [0.15, 0.2) is 34.6 Å². The minimum atomic E-state index is -1.33. The van der Waals surface area contributed by atoms with Gasteiger partial charge in [0.2, 0.25) is 10.9 Å². The van der Waals surface area contributed by atoms with E-state index >= 15 is 0 Å². The van der Waals surface area contributed by atoms with E-state index in [2.05, 4.69) is 0 Å². The summed E-state index contributed by atoms with van der Waals surface area (Å²) in [4.78, 5) is 49.4. The summed E-state index contributed by atoms with van der Waals surface area (Å²) in [5, 5.41) is 13.3. The number of esters is 1. The van der Waals surface area contributed by atoms with Crippen LogP contribution >= 0.6 is 0 Å². The van der Waals surface area contributed by atoms with E-state index < -0.39 is 34.4 Å². The lowest BCUT2D eigenvalue weighted by molar-refractivity contribution is 0.0523. The summed E-state index contributed by atoms with van der Waals surface area (Å²) in [6, 6.07) is 27.3. The summed E-state index contributed by atoms with van der Waals surface area (Å²) in [5.41, 5.74) is 0.0743. The van der Waals surface area contributed by atoms with Crippen molar-refractivity contribution in [3.63, 3.8) is 0 Å². The monoisotopic (exact) mass is 722 g/mol. The molecule has 0 atom stereocenters. The zero-order valence-corrected chi connectivity index (χ0v) is 28.1. The Morgan fingerprint density at radius 2 is 1.09 bits per heavy atom. The molecule has 6 aromatic carbocycles. The van der Waals surface area contributed by atoms with Crippen molar-refractivity contribution in [3.8, 4) is 34.4 Å². The van der Waals surface area contributed by atoms with Crippen molar-refractivity contribution in [2.24, 2.45) is 0 Å². The minimum Gasteiger partial charge on any atom is -0.477 e. The Balaban J connectivity index is 0.000000143. The van der Waals surface area contributed by atoms with E-state index in [9.17, 15) is 33.1 Å². The van der Waals surface area contributed by atoms with Gasteiger partial charge < -0.3 is 28.5 Å². The zero-order valence-electron chi connectivity index (χ0n) is 28.1. The van der Waals surface area contributed by atoms with Gasteiger partial charge in [-0.05, 0) is 54.1 Å². The van der Waals surface area contributed by atoms with E-state index in [0.29, 0.717) is 28.4 Å². The Kier molecular flexibility index (Phi) is 7.31. The standard InChI is InChI=1S/C22H14FNO4.C20H10FNO4/c1-2-27-22(26)15-11-24-18-13-6-4-3-5-12(13)7-10-17(18)28-21-16(23)9-8-14(19(21)24)20(15)25;21-14-7-6-12-17-19(14)26-15-8-5-10-3-1-2-4-11(10)16(15)22(17)9-13(18(12)23)20(24)25/h3-11H,2H2,1H3;1-9H,(H,24,25). The molecule has 2 aromatic heterocycles. The van der Waals surface area contributed by atoms with E-state index in [1.54, 1.807) is 28.2 Å². The third-order valence-electron chi connectivity index (χ3n) is 9.50. The second-order valence-electron chi connectivity index (χ2n) is 12.5. The Hall–Kier alpha value is -7.34. The van der Waals surface area contributed by atoms with E-state index in [1.165, 1.54) is 30.6 Å². The number of fused-ring (bicyclic) bond motifs is 8. The van der Waals surface area contributed by atoms with Gasteiger partial charge in [0.1, 0.15) is 22.2 Å². The van der Waals surface area contributed by atoms with Crippen molar-refractivity contribution in [2.75, 3.05) is 6.61 Å². The van der Waals surface area contributed by atoms with Crippen molar-refractivity contribution in [1.82, 2.24) is 9.13 Å². The molecular formula is C42H24F2N2O8. The van der Waals surface area contributed by atoms with Crippen LogP contribution in [0.15, 0.2) is 119 Å². The largest absolute Gasteiger partial charge is 0.477 e. The molecule has 1 N–H and O–H groups in total.